The van der Waals surface area contributed by atoms with E-state index in [4.69, 9.17) is 4.99 Å². The Balaban J connectivity index is 2.13. The number of aliphatic imine (C=N–C) groups is 1. The lowest BCUT2D eigenvalue weighted by Crippen LogP contribution is -2.46. The van der Waals surface area contributed by atoms with E-state index in [1.54, 1.807) is 0 Å². The molecule has 1 saturated carbocycles. The van der Waals surface area contributed by atoms with Crippen LogP contribution in [0.25, 0.3) is 0 Å². The highest BCUT2D eigenvalue weighted by atomic mass is 127. The van der Waals surface area contributed by atoms with Crippen molar-refractivity contribution in [2.75, 3.05) is 7.05 Å². The lowest BCUT2D eigenvalue weighted by molar-refractivity contribution is 0.262. The van der Waals surface area contributed by atoms with Crippen molar-refractivity contribution in [3.05, 3.63) is 0 Å². The van der Waals surface area contributed by atoms with Crippen molar-refractivity contribution >= 4 is 28.4 Å². The van der Waals surface area contributed by atoms with Gasteiger partial charge in [0.1, 0.15) is 0 Å². The van der Waals surface area contributed by atoms with E-state index < -0.39 is 0 Å². The van der Waals surface area contributed by atoms with Gasteiger partial charge in [0.2, 0.25) is 0 Å². The highest BCUT2D eigenvalue weighted by Gasteiger charge is 2.34. The Morgan fingerprint density at radius 1 is 1.12 bits per heavy atom. The second kappa shape index (κ2) is 5.69. The highest BCUT2D eigenvalue weighted by Crippen LogP contribution is 2.35. The van der Waals surface area contributed by atoms with Crippen LogP contribution in [-0.4, -0.2) is 27.9 Å². The largest absolute Gasteiger partial charge is 0.351 e. The summed E-state index contributed by atoms with van der Waals surface area (Å²) in [6, 6.07) is 0.608. The molecule has 0 bridgehead atoms. The highest BCUT2D eigenvalue weighted by molar-refractivity contribution is 14.1. The van der Waals surface area contributed by atoms with Gasteiger partial charge in [0.15, 0.2) is 0 Å². The van der Waals surface area contributed by atoms with Crippen LogP contribution in [0.1, 0.15) is 51.9 Å². The third-order valence-electron chi connectivity index (χ3n) is 4.12. The van der Waals surface area contributed by atoms with E-state index in [1.807, 2.05) is 0 Å². The Kier molecular flexibility index (Phi) is 4.50. The van der Waals surface area contributed by atoms with Crippen LogP contribution in [0.4, 0.5) is 0 Å². The Morgan fingerprint density at radius 2 is 1.75 bits per heavy atom. The Labute approximate surface area is 113 Å². The lowest BCUT2D eigenvalue weighted by atomic mass is 9.90. The van der Waals surface area contributed by atoms with E-state index in [-0.39, 0.29) is 0 Å². The Hall–Kier alpha value is 0.200. The van der Waals surface area contributed by atoms with Crippen LogP contribution in [0.3, 0.4) is 0 Å². The van der Waals surface area contributed by atoms with Gasteiger partial charge in [0.25, 0.3) is 0 Å². The van der Waals surface area contributed by atoms with Crippen molar-refractivity contribution in [3.8, 4) is 0 Å². The lowest BCUT2D eigenvalue weighted by Gasteiger charge is -2.40. The number of halogens is 1. The molecule has 0 aromatic rings. The summed E-state index contributed by atoms with van der Waals surface area (Å²) in [7, 11) is 2.19. The Bertz CT molecular complexity index is 265. The zero-order valence-electron chi connectivity index (χ0n) is 10.5. The molecule has 1 aliphatic heterocycles. The van der Waals surface area contributed by atoms with Crippen LogP contribution < -0.4 is 0 Å². The SMILES string of the molecule is CC1=NC2CCCCCCCC2C(I)N1C. The summed E-state index contributed by atoms with van der Waals surface area (Å²) < 4.78 is 0.651. The average Bonchev–Trinajstić information content (AvgIpc) is 2.38. The van der Waals surface area contributed by atoms with Crippen LogP contribution in [0.2, 0.25) is 0 Å². The summed E-state index contributed by atoms with van der Waals surface area (Å²) in [6.45, 7) is 2.16. The molecular weight excluding hydrogens is 311 g/mol. The van der Waals surface area contributed by atoms with Crippen molar-refractivity contribution in [2.24, 2.45) is 10.9 Å². The number of amidine groups is 1. The summed E-state index contributed by atoms with van der Waals surface area (Å²) >= 11 is 2.62. The number of hydrogen-bond donors (Lipinski definition) is 0. The molecule has 2 aliphatic rings. The van der Waals surface area contributed by atoms with Gasteiger partial charge in [-0.3, -0.25) is 4.99 Å². The fourth-order valence-corrected chi connectivity index (χ4v) is 4.19. The molecule has 2 nitrogen and oxygen atoms in total. The quantitative estimate of drug-likeness (QED) is 0.373. The van der Waals surface area contributed by atoms with Crippen molar-refractivity contribution < 1.29 is 0 Å². The maximum Gasteiger partial charge on any atom is 0.0967 e. The third kappa shape index (κ3) is 2.71. The summed E-state index contributed by atoms with van der Waals surface area (Å²) in [5.74, 6) is 2.02. The fourth-order valence-electron chi connectivity index (χ4n) is 2.95. The summed E-state index contributed by atoms with van der Waals surface area (Å²) in [4.78, 5) is 7.28. The topological polar surface area (TPSA) is 15.6 Å². The first-order valence-electron chi connectivity index (χ1n) is 6.61. The van der Waals surface area contributed by atoms with Crippen molar-refractivity contribution in [1.29, 1.82) is 0 Å². The second-order valence-corrected chi connectivity index (χ2v) is 6.51. The van der Waals surface area contributed by atoms with Gasteiger partial charge in [-0.1, -0.05) is 54.7 Å². The van der Waals surface area contributed by atoms with Crippen LogP contribution in [-0.2, 0) is 0 Å². The first-order chi connectivity index (χ1) is 7.70. The molecule has 92 valence electrons. The molecule has 0 N–H and O–H groups in total. The third-order valence-corrected chi connectivity index (χ3v) is 5.88. The van der Waals surface area contributed by atoms with E-state index in [1.165, 1.54) is 50.8 Å². The molecule has 0 aromatic carbocycles. The molecule has 1 aliphatic carbocycles. The van der Waals surface area contributed by atoms with E-state index >= 15 is 0 Å². The van der Waals surface area contributed by atoms with Crippen LogP contribution >= 0.6 is 22.6 Å². The molecular formula is C13H23IN2. The smallest absolute Gasteiger partial charge is 0.0967 e. The Morgan fingerprint density at radius 3 is 2.50 bits per heavy atom. The van der Waals surface area contributed by atoms with E-state index in [2.05, 4.69) is 41.5 Å². The van der Waals surface area contributed by atoms with Crippen LogP contribution in [0.5, 0.6) is 0 Å². The minimum absolute atomic E-state index is 0.608. The molecule has 0 radical (unpaired) electrons. The van der Waals surface area contributed by atoms with Gasteiger partial charge in [0, 0.05) is 13.0 Å². The maximum absolute atomic E-state index is 4.92. The molecule has 1 heterocycles. The zero-order valence-corrected chi connectivity index (χ0v) is 12.6. The number of alkyl halides is 1. The fraction of sp³-hybridized carbons (Fsp3) is 0.923. The van der Waals surface area contributed by atoms with Gasteiger partial charge in [-0.15, -0.1) is 0 Å². The van der Waals surface area contributed by atoms with Crippen molar-refractivity contribution in [2.45, 2.75) is 62.0 Å². The van der Waals surface area contributed by atoms with Crippen LogP contribution in [0, 0.1) is 5.92 Å². The van der Waals surface area contributed by atoms with Gasteiger partial charge in [-0.05, 0) is 19.8 Å². The summed E-state index contributed by atoms with van der Waals surface area (Å²) in [5, 5.41) is 0. The number of hydrogen-bond acceptors (Lipinski definition) is 2. The van der Waals surface area contributed by atoms with E-state index in [9.17, 15) is 0 Å². The van der Waals surface area contributed by atoms with Gasteiger partial charge in [0.05, 0.1) is 15.9 Å². The average molecular weight is 334 g/mol. The number of rotatable bonds is 0. The normalized spacial score (nSPS) is 36.8. The number of fused-ring (bicyclic) bond motifs is 1. The first-order valence-corrected chi connectivity index (χ1v) is 7.86. The van der Waals surface area contributed by atoms with E-state index in [0.29, 0.717) is 10.1 Å². The predicted molar refractivity (Wildman–Crippen MR) is 78.3 cm³/mol. The predicted octanol–water partition coefficient (Wildman–Crippen LogP) is 3.84. The maximum atomic E-state index is 4.92. The molecule has 2 rings (SSSR count). The number of nitrogens with zero attached hydrogens (tertiary/aromatic N) is 2. The molecule has 0 saturated heterocycles. The molecule has 16 heavy (non-hydrogen) atoms. The van der Waals surface area contributed by atoms with Crippen LogP contribution in [0.15, 0.2) is 4.99 Å². The van der Waals surface area contributed by atoms with Gasteiger partial charge < -0.3 is 4.90 Å². The molecule has 0 aromatic heterocycles. The second-order valence-electron chi connectivity index (χ2n) is 5.24. The standard InChI is InChI=1S/C13H23IN2/c1-10-15-12-9-7-5-3-4-6-8-11(12)13(14)16(10)2/h11-13H,3-9H2,1-2H3. The monoisotopic (exact) mass is 334 g/mol. The molecule has 0 amide bonds. The minimum atomic E-state index is 0.608. The van der Waals surface area contributed by atoms with Gasteiger partial charge in [-0.2, -0.15) is 0 Å². The summed E-state index contributed by atoms with van der Waals surface area (Å²) in [5.41, 5.74) is 0. The summed E-state index contributed by atoms with van der Waals surface area (Å²) in [6.07, 6.45) is 9.76. The van der Waals surface area contributed by atoms with Crippen molar-refractivity contribution in [3.63, 3.8) is 0 Å². The van der Waals surface area contributed by atoms with E-state index in [0.717, 1.165) is 5.92 Å². The molecule has 3 unspecified atom stereocenters. The molecule has 0 spiro atoms. The first kappa shape index (κ1) is 12.7. The van der Waals surface area contributed by atoms with Gasteiger partial charge >= 0.3 is 0 Å². The van der Waals surface area contributed by atoms with Crippen molar-refractivity contribution in [1.82, 2.24) is 4.90 Å². The molecule has 3 heteroatoms. The molecule has 1 fully saturated rings. The molecule has 3 atom stereocenters. The van der Waals surface area contributed by atoms with Gasteiger partial charge in [-0.25, -0.2) is 0 Å². The zero-order chi connectivity index (χ0) is 11.5. The minimum Gasteiger partial charge on any atom is -0.351 e.